The maximum atomic E-state index is 12.8. The number of nitro benzene ring substituents is 1. The van der Waals surface area contributed by atoms with Gasteiger partial charge in [-0.3, -0.25) is 19.8 Å². The van der Waals surface area contributed by atoms with Crippen LogP contribution in [0.2, 0.25) is 0 Å². The lowest BCUT2D eigenvalue weighted by atomic mass is 10.0. The third kappa shape index (κ3) is 4.58. The molecule has 1 aliphatic heterocycles. The number of aromatic amines is 1. The molecule has 0 saturated heterocycles. The third-order valence-corrected chi connectivity index (χ3v) is 5.51. The van der Waals surface area contributed by atoms with Gasteiger partial charge in [-0.15, -0.1) is 0 Å². The maximum Gasteiger partial charge on any atom is 0.416 e. The van der Waals surface area contributed by atoms with E-state index < -0.39 is 16.7 Å². The second-order valence-corrected chi connectivity index (χ2v) is 7.60. The minimum Gasteiger partial charge on any atom is -0.490 e. The Hall–Kier alpha value is -3.73. The summed E-state index contributed by atoms with van der Waals surface area (Å²) in [5, 5.41) is 11.5. The Morgan fingerprint density at radius 2 is 1.94 bits per heavy atom. The van der Waals surface area contributed by atoms with Gasteiger partial charge in [0.25, 0.3) is 5.56 Å². The summed E-state index contributed by atoms with van der Waals surface area (Å²) < 4.78 is 43.5. The number of H-pyrrole nitrogens is 1. The predicted molar refractivity (Wildman–Crippen MR) is 113 cm³/mol. The molecule has 2 heterocycles. The second kappa shape index (κ2) is 8.66. The summed E-state index contributed by atoms with van der Waals surface area (Å²) in [5.74, 6) is 0.361. The van der Waals surface area contributed by atoms with Crippen molar-refractivity contribution in [1.29, 1.82) is 0 Å². The van der Waals surface area contributed by atoms with Crippen molar-refractivity contribution in [3.8, 4) is 17.1 Å². The van der Waals surface area contributed by atoms with E-state index in [0.717, 1.165) is 12.1 Å². The van der Waals surface area contributed by atoms with Gasteiger partial charge in [-0.25, -0.2) is 4.98 Å². The first-order valence-electron chi connectivity index (χ1n) is 9.99. The molecule has 1 N–H and O–H groups in total. The molecule has 0 radical (unpaired) electrons. The van der Waals surface area contributed by atoms with Crippen LogP contribution in [0.5, 0.6) is 5.75 Å². The average Bonchev–Trinajstić information content (AvgIpc) is 2.78. The number of hydrogen-bond donors (Lipinski definition) is 1. The van der Waals surface area contributed by atoms with Gasteiger partial charge in [-0.05, 0) is 18.2 Å². The fourth-order valence-corrected chi connectivity index (χ4v) is 3.88. The second-order valence-electron chi connectivity index (χ2n) is 7.60. The quantitative estimate of drug-likeness (QED) is 0.457. The molecule has 0 fully saturated rings. The highest BCUT2D eigenvalue weighted by Gasteiger charge is 2.30. The van der Waals surface area contributed by atoms with E-state index in [0.29, 0.717) is 35.3 Å². The smallest absolute Gasteiger partial charge is 0.416 e. The van der Waals surface area contributed by atoms with E-state index in [9.17, 15) is 28.1 Å². The minimum absolute atomic E-state index is 0.115. The van der Waals surface area contributed by atoms with Crippen LogP contribution in [0, 0.1) is 10.1 Å². The number of fused-ring (bicyclic) bond motifs is 1. The summed E-state index contributed by atoms with van der Waals surface area (Å²) >= 11 is 0. The monoisotopic (exact) mass is 460 g/mol. The molecule has 4 rings (SSSR count). The first kappa shape index (κ1) is 22.5. The Labute approximate surface area is 185 Å². The Kier molecular flexibility index (Phi) is 5.90. The lowest BCUT2D eigenvalue weighted by Crippen LogP contribution is -2.35. The number of benzene rings is 2. The lowest BCUT2D eigenvalue weighted by Gasteiger charge is -2.27. The van der Waals surface area contributed by atoms with Crippen LogP contribution >= 0.6 is 0 Å². The molecule has 0 spiro atoms. The van der Waals surface area contributed by atoms with Gasteiger partial charge in [0.1, 0.15) is 5.82 Å². The van der Waals surface area contributed by atoms with Crippen molar-refractivity contribution in [3.63, 3.8) is 0 Å². The molecule has 0 atom stereocenters. The lowest BCUT2D eigenvalue weighted by molar-refractivity contribution is -0.386. The molecular formula is C22H19F3N4O4. The summed E-state index contributed by atoms with van der Waals surface area (Å²) in [6.07, 6.45) is -4.03. The number of ether oxygens (including phenoxy) is 1. The number of para-hydroxylation sites is 1. The van der Waals surface area contributed by atoms with E-state index in [1.54, 1.807) is 12.1 Å². The van der Waals surface area contributed by atoms with Crippen LogP contribution in [0.3, 0.4) is 0 Å². The van der Waals surface area contributed by atoms with Crippen LogP contribution in [-0.2, 0) is 25.7 Å². The fourth-order valence-electron chi connectivity index (χ4n) is 3.88. The highest BCUT2D eigenvalue weighted by atomic mass is 19.4. The van der Waals surface area contributed by atoms with Crippen molar-refractivity contribution in [1.82, 2.24) is 14.9 Å². The Balaban J connectivity index is 1.58. The van der Waals surface area contributed by atoms with Gasteiger partial charge in [-0.1, -0.05) is 24.3 Å². The van der Waals surface area contributed by atoms with Crippen molar-refractivity contribution in [2.75, 3.05) is 13.7 Å². The van der Waals surface area contributed by atoms with Crippen LogP contribution in [0.15, 0.2) is 47.3 Å². The molecule has 0 aliphatic carbocycles. The molecule has 11 heteroatoms. The zero-order valence-corrected chi connectivity index (χ0v) is 17.5. The standard InChI is InChI=1S/C22H19F3N4O4/c1-33-18-4-2-3-14(19(18)29(31)32)11-28-10-9-17-16(12-28)21(30)27-20(26-17)13-5-7-15(8-6-13)22(23,24)25/h2-8H,9-12H2,1H3,(H,26,27,30). The van der Waals surface area contributed by atoms with Gasteiger partial charge in [0.2, 0.25) is 0 Å². The number of nitrogens with one attached hydrogen (secondary N) is 1. The van der Waals surface area contributed by atoms with Gasteiger partial charge in [0.15, 0.2) is 5.75 Å². The van der Waals surface area contributed by atoms with Crippen molar-refractivity contribution < 1.29 is 22.8 Å². The van der Waals surface area contributed by atoms with Gasteiger partial charge in [0.05, 0.1) is 28.9 Å². The average molecular weight is 460 g/mol. The number of nitro groups is 1. The first-order valence-corrected chi connectivity index (χ1v) is 9.99. The van der Waals surface area contributed by atoms with E-state index in [1.165, 1.54) is 25.3 Å². The van der Waals surface area contributed by atoms with Crippen LogP contribution in [-0.4, -0.2) is 33.4 Å². The molecule has 1 aromatic heterocycles. The molecule has 172 valence electrons. The van der Waals surface area contributed by atoms with Crippen molar-refractivity contribution in [3.05, 3.63) is 85.3 Å². The molecule has 8 nitrogen and oxygen atoms in total. The van der Waals surface area contributed by atoms with E-state index in [-0.39, 0.29) is 35.9 Å². The summed E-state index contributed by atoms with van der Waals surface area (Å²) in [5.41, 5.74) is 0.544. The van der Waals surface area contributed by atoms with Crippen LogP contribution in [0.4, 0.5) is 18.9 Å². The molecule has 33 heavy (non-hydrogen) atoms. The number of hydrogen-bond acceptors (Lipinski definition) is 6. The normalized spacial score (nSPS) is 14.1. The summed E-state index contributed by atoms with van der Waals surface area (Å²) in [6.45, 7) is 0.983. The number of alkyl halides is 3. The molecule has 1 aliphatic rings. The van der Waals surface area contributed by atoms with E-state index in [1.807, 2.05) is 4.90 Å². The van der Waals surface area contributed by atoms with Gasteiger partial charge in [-0.2, -0.15) is 13.2 Å². The number of methoxy groups -OCH3 is 1. The van der Waals surface area contributed by atoms with E-state index in [2.05, 4.69) is 9.97 Å². The number of nitrogens with zero attached hydrogens (tertiary/aromatic N) is 3. The number of rotatable bonds is 5. The molecule has 0 saturated carbocycles. The topological polar surface area (TPSA) is 101 Å². The maximum absolute atomic E-state index is 12.8. The molecule has 2 aromatic carbocycles. The zero-order chi connectivity index (χ0) is 23.8. The summed E-state index contributed by atoms with van der Waals surface area (Å²) in [4.78, 5) is 32.8. The van der Waals surface area contributed by atoms with Crippen molar-refractivity contribution in [2.24, 2.45) is 0 Å². The van der Waals surface area contributed by atoms with E-state index >= 15 is 0 Å². The Bertz CT molecular complexity index is 1260. The number of halogens is 3. The van der Waals surface area contributed by atoms with Crippen LogP contribution in [0.25, 0.3) is 11.4 Å². The molecule has 0 bridgehead atoms. The minimum atomic E-state index is -4.45. The third-order valence-electron chi connectivity index (χ3n) is 5.51. The van der Waals surface area contributed by atoms with Gasteiger partial charge >= 0.3 is 11.9 Å². The van der Waals surface area contributed by atoms with Crippen LogP contribution < -0.4 is 10.3 Å². The largest absolute Gasteiger partial charge is 0.490 e. The van der Waals surface area contributed by atoms with E-state index in [4.69, 9.17) is 4.74 Å². The van der Waals surface area contributed by atoms with Crippen molar-refractivity contribution >= 4 is 5.69 Å². The van der Waals surface area contributed by atoms with Crippen molar-refractivity contribution in [2.45, 2.75) is 25.7 Å². The summed E-state index contributed by atoms with van der Waals surface area (Å²) in [7, 11) is 1.36. The predicted octanol–water partition coefficient (Wildman–Crippen LogP) is 3.93. The fraction of sp³-hybridized carbons (Fsp3) is 0.273. The Morgan fingerprint density at radius 3 is 2.58 bits per heavy atom. The molecule has 0 unspecified atom stereocenters. The Morgan fingerprint density at radius 1 is 1.21 bits per heavy atom. The molecule has 3 aromatic rings. The summed E-state index contributed by atoms with van der Waals surface area (Å²) in [6, 6.07) is 9.25. The number of aromatic nitrogens is 2. The zero-order valence-electron chi connectivity index (χ0n) is 17.5. The van der Waals surface area contributed by atoms with Gasteiger partial charge in [0, 0.05) is 37.2 Å². The van der Waals surface area contributed by atoms with Crippen LogP contribution in [0.1, 0.15) is 22.4 Å². The SMILES string of the molecule is COc1cccc(CN2CCc3nc(-c4ccc(C(F)(F)F)cc4)[nH]c(=O)c3C2)c1[N+](=O)[O-]. The molecule has 0 amide bonds. The first-order chi connectivity index (χ1) is 15.7. The highest BCUT2D eigenvalue weighted by molar-refractivity contribution is 5.56. The molecular weight excluding hydrogens is 441 g/mol. The van der Waals surface area contributed by atoms with Gasteiger partial charge < -0.3 is 9.72 Å². The highest BCUT2D eigenvalue weighted by Crippen LogP contribution is 2.33.